The standard InChI is InChI=1S/C6H6N2O2S/c1-7-6-8-4(3-11-6)2-5(9)10/h3H,1-2H2,(H,9,10). The summed E-state index contributed by atoms with van der Waals surface area (Å²) in [7, 11) is 0. The van der Waals surface area contributed by atoms with Crippen LogP contribution in [0.15, 0.2) is 10.4 Å². The lowest BCUT2D eigenvalue weighted by atomic mass is 10.3. The molecule has 0 aromatic carbocycles. The van der Waals surface area contributed by atoms with Crippen LogP contribution in [0.3, 0.4) is 0 Å². The number of nitrogens with zero attached hydrogens (tertiary/aromatic N) is 2. The van der Waals surface area contributed by atoms with Gasteiger partial charge in [0.15, 0.2) is 0 Å². The van der Waals surface area contributed by atoms with Crippen molar-refractivity contribution in [3.05, 3.63) is 11.1 Å². The minimum absolute atomic E-state index is 0.0496. The number of hydrogen-bond donors (Lipinski definition) is 1. The van der Waals surface area contributed by atoms with Crippen molar-refractivity contribution in [2.24, 2.45) is 4.99 Å². The van der Waals surface area contributed by atoms with Crippen molar-refractivity contribution in [3.63, 3.8) is 0 Å². The highest BCUT2D eigenvalue weighted by Gasteiger charge is 2.03. The summed E-state index contributed by atoms with van der Waals surface area (Å²) >= 11 is 1.29. The van der Waals surface area contributed by atoms with E-state index in [-0.39, 0.29) is 6.42 Å². The van der Waals surface area contributed by atoms with Gasteiger partial charge in [-0.15, -0.1) is 11.3 Å². The van der Waals surface area contributed by atoms with Crippen LogP contribution in [-0.2, 0) is 11.2 Å². The van der Waals surface area contributed by atoms with Crippen LogP contribution < -0.4 is 0 Å². The van der Waals surface area contributed by atoms with Crippen molar-refractivity contribution in [1.29, 1.82) is 0 Å². The summed E-state index contributed by atoms with van der Waals surface area (Å²) < 4.78 is 0. The van der Waals surface area contributed by atoms with Crippen LogP contribution in [0.1, 0.15) is 5.69 Å². The molecule has 0 unspecified atom stereocenters. The van der Waals surface area contributed by atoms with Gasteiger partial charge in [-0.3, -0.25) is 4.79 Å². The molecule has 0 atom stereocenters. The number of carboxylic acids is 1. The van der Waals surface area contributed by atoms with E-state index < -0.39 is 5.97 Å². The molecule has 1 rings (SSSR count). The highest BCUT2D eigenvalue weighted by Crippen LogP contribution is 2.17. The van der Waals surface area contributed by atoms with Crippen LogP contribution in [0, 0.1) is 0 Å². The lowest BCUT2D eigenvalue weighted by molar-refractivity contribution is -0.136. The van der Waals surface area contributed by atoms with Gasteiger partial charge in [-0.25, -0.2) is 9.98 Å². The zero-order valence-electron chi connectivity index (χ0n) is 5.65. The van der Waals surface area contributed by atoms with Gasteiger partial charge in [0.25, 0.3) is 0 Å². The first-order valence-corrected chi connectivity index (χ1v) is 3.73. The van der Waals surface area contributed by atoms with Gasteiger partial charge in [-0.1, -0.05) is 0 Å². The lowest BCUT2D eigenvalue weighted by Crippen LogP contribution is -1.99. The summed E-state index contributed by atoms with van der Waals surface area (Å²) in [6, 6.07) is 0. The van der Waals surface area contributed by atoms with Crippen LogP contribution in [0.25, 0.3) is 0 Å². The summed E-state index contributed by atoms with van der Waals surface area (Å²) in [5, 5.41) is 10.5. The molecule has 0 fully saturated rings. The number of aliphatic imine (C=N–C) groups is 1. The molecule has 5 heteroatoms. The van der Waals surface area contributed by atoms with Crippen LogP contribution in [0.2, 0.25) is 0 Å². The van der Waals surface area contributed by atoms with Crippen LogP contribution in [0.5, 0.6) is 0 Å². The van der Waals surface area contributed by atoms with Crippen molar-refractivity contribution in [2.75, 3.05) is 0 Å². The second-order valence-corrected chi connectivity index (χ2v) is 2.69. The van der Waals surface area contributed by atoms with Gasteiger partial charge in [-0.2, -0.15) is 0 Å². The van der Waals surface area contributed by atoms with Crippen LogP contribution >= 0.6 is 11.3 Å². The van der Waals surface area contributed by atoms with E-state index in [2.05, 4.69) is 16.7 Å². The molecule has 0 bridgehead atoms. The van der Waals surface area contributed by atoms with Crippen molar-refractivity contribution in [1.82, 2.24) is 4.98 Å². The number of aliphatic carboxylic acids is 1. The SMILES string of the molecule is C=Nc1nc(CC(=O)O)cs1. The first kappa shape index (κ1) is 7.87. The predicted octanol–water partition coefficient (Wildman–Crippen LogP) is 1.10. The van der Waals surface area contributed by atoms with E-state index >= 15 is 0 Å². The van der Waals surface area contributed by atoms with E-state index in [0.29, 0.717) is 10.8 Å². The highest BCUT2D eigenvalue weighted by atomic mass is 32.1. The van der Waals surface area contributed by atoms with Crippen LogP contribution in [0.4, 0.5) is 5.13 Å². The Bertz CT molecular complexity index is 282. The molecule has 11 heavy (non-hydrogen) atoms. The van der Waals surface area contributed by atoms with Crippen molar-refractivity contribution in [2.45, 2.75) is 6.42 Å². The number of carbonyl (C=O) groups is 1. The Balaban J connectivity index is 2.72. The number of rotatable bonds is 3. The monoisotopic (exact) mass is 170 g/mol. The van der Waals surface area contributed by atoms with Crippen molar-refractivity contribution >= 4 is 29.2 Å². The summed E-state index contributed by atoms with van der Waals surface area (Å²) in [6.07, 6.45) is -0.0496. The molecule has 1 N–H and O–H groups in total. The smallest absolute Gasteiger partial charge is 0.309 e. The van der Waals surface area contributed by atoms with Gasteiger partial charge in [-0.05, 0) is 6.72 Å². The molecule has 0 radical (unpaired) electrons. The lowest BCUT2D eigenvalue weighted by Gasteiger charge is -1.85. The molecule has 0 aliphatic carbocycles. The molecule has 0 spiro atoms. The molecule has 58 valence electrons. The Morgan fingerprint density at radius 2 is 2.64 bits per heavy atom. The second-order valence-electron chi connectivity index (χ2n) is 1.85. The topological polar surface area (TPSA) is 62.5 Å². The highest BCUT2D eigenvalue weighted by molar-refractivity contribution is 7.13. The molecule has 0 saturated carbocycles. The van der Waals surface area contributed by atoms with E-state index in [9.17, 15) is 4.79 Å². The molecular weight excluding hydrogens is 164 g/mol. The number of carboxylic acid groups (broad SMARTS) is 1. The summed E-state index contributed by atoms with van der Waals surface area (Å²) in [5.74, 6) is -0.883. The van der Waals surface area contributed by atoms with Crippen LogP contribution in [-0.4, -0.2) is 22.8 Å². The van der Waals surface area contributed by atoms with E-state index in [4.69, 9.17) is 5.11 Å². The van der Waals surface area contributed by atoms with E-state index in [1.54, 1.807) is 5.38 Å². The third kappa shape index (κ3) is 2.12. The maximum atomic E-state index is 10.2. The van der Waals surface area contributed by atoms with E-state index in [1.165, 1.54) is 11.3 Å². The van der Waals surface area contributed by atoms with Gasteiger partial charge < -0.3 is 5.11 Å². The van der Waals surface area contributed by atoms with Crippen molar-refractivity contribution in [3.8, 4) is 0 Å². The molecule has 0 aliphatic rings. The molecule has 1 heterocycles. The number of aromatic nitrogens is 1. The maximum absolute atomic E-state index is 10.2. The van der Waals surface area contributed by atoms with Gasteiger partial charge in [0.2, 0.25) is 5.13 Å². The normalized spacial score (nSPS) is 9.45. The molecular formula is C6H6N2O2S. The number of hydrogen-bond acceptors (Lipinski definition) is 4. The molecule has 0 aliphatic heterocycles. The number of thiazole rings is 1. The Hall–Kier alpha value is -1.23. The first-order valence-electron chi connectivity index (χ1n) is 2.85. The summed E-state index contributed by atoms with van der Waals surface area (Å²) in [4.78, 5) is 17.6. The first-order chi connectivity index (χ1) is 5.22. The van der Waals surface area contributed by atoms with E-state index in [1.807, 2.05) is 0 Å². The molecule has 0 amide bonds. The molecule has 1 aromatic heterocycles. The third-order valence-corrected chi connectivity index (χ3v) is 1.83. The Kier molecular flexibility index (Phi) is 2.32. The van der Waals surface area contributed by atoms with Gasteiger partial charge in [0.05, 0.1) is 12.1 Å². The Morgan fingerprint density at radius 1 is 1.91 bits per heavy atom. The average molecular weight is 170 g/mol. The third-order valence-electron chi connectivity index (χ3n) is 1.01. The maximum Gasteiger partial charge on any atom is 0.309 e. The Labute approximate surface area is 67.2 Å². The summed E-state index contributed by atoms with van der Waals surface area (Å²) in [6.45, 7) is 3.27. The predicted molar refractivity (Wildman–Crippen MR) is 42.7 cm³/mol. The Morgan fingerprint density at radius 3 is 3.09 bits per heavy atom. The quantitative estimate of drug-likeness (QED) is 0.691. The molecule has 1 aromatic rings. The van der Waals surface area contributed by atoms with Gasteiger partial charge in [0, 0.05) is 5.38 Å². The van der Waals surface area contributed by atoms with Gasteiger partial charge in [0.1, 0.15) is 0 Å². The summed E-state index contributed by atoms with van der Waals surface area (Å²) in [5.41, 5.74) is 0.532. The molecule has 4 nitrogen and oxygen atoms in total. The zero-order chi connectivity index (χ0) is 8.27. The average Bonchev–Trinajstić information content (AvgIpc) is 2.34. The fraction of sp³-hybridized carbons (Fsp3) is 0.167. The largest absolute Gasteiger partial charge is 0.481 e. The fourth-order valence-corrected chi connectivity index (χ4v) is 1.23. The molecule has 0 saturated heterocycles. The minimum Gasteiger partial charge on any atom is -0.481 e. The zero-order valence-corrected chi connectivity index (χ0v) is 6.47. The van der Waals surface area contributed by atoms with Gasteiger partial charge >= 0.3 is 5.97 Å². The second kappa shape index (κ2) is 3.25. The van der Waals surface area contributed by atoms with E-state index in [0.717, 1.165) is 0 Å². The van der Waals surface area contributed by atoms with Crippen molar-refractivity contribution < 1.29 is 9.90 Å². The fourth-order valence-electron chi connectivity index (χ4n) is 0.605. The minimum atomic E-state index is -0.883.